The number of benzene rings is 1. The SMILES string of the molecule is CC(CS(C)=O)NC(=O)C1CNc2ccccc2N1. The Morgan fingerprint density at radius 1 is 1.47 bits per heavy atom. The van der Waals surface area contributed by atoms with Crippen LogP contribution >= 0.6 is 0 Å². The normalized spacial score (nSPS) is 20.4. The summed E-state index contributed by atoms with van der Waals surface area (Å²) in [5.41, 5.74) is 1.94. The first-order valence-corrected chi connectivity index (χ1v) is 7.99. The van der Waals surface area contributed by atoms with Crippen LogP contribution in [-0.4, -0.2) is 40.8 Å². The summed E-state index contributed by atoms with van der Waals surface area (Å²) in [5, 5.41) is 9.31. The van der Waals surface area contributed by atoms with E-state index in [1.165, 1.54) is 0 Å². The quantitative estimate of drug-likeness (QED) is 0.762. The van der Waals surface area contributed by atoms with Gasteiger partial charge in [-0.05, 0) is 19.1 Å². The van der Waals surface area contributed by atoms with Crippen LogP contribution in [0.15, 0.2) is 24.3 Å². The van der Waals surface area contributed by atoms with E-state index in [0.717, 1.165) is 11.4 Å². The summed E-state index contributed by atoms with van der Waals surface area (Å²) in [7, 11) is -0.904. The van der Waals surface area contributed by atoms with E-state index in [0.29, 0.717) is 12.3 Å². The summed E-state index contributed by atoms with van der Waals surface area (Å²) < 4.78 is 11.1. The Labute approximate surface area is 115 Å². The number of carbonyl (C=O) groups is 1. The molecule has 0 radical (unpaired) electrons. The van der Waals surface area contributed by atoms with Crippen molar-refractivity contribution in [2.75, 3.05) is 29.2 Å². The fraction of sp³-hybridized carbons (Fsp3) is 0.462. The molecular weight excluding hydrogens is 262 g/mol. The molecule has 0 saturated heterocycles. The van der Waals surface area contributed by atoms with Crippen LogP contribution in [0.4, 0.5) is 11.4 Å². The molecule has 0 fully saturated rings. The lowest BCUT2D eigenvalue weighted by Crippen LogP contribution is -2.49. The largest absolute Gasteiger partial charge is 0.381 e. The van der Waals surface area contributed by atoms with Crippen LogP contribution in [-0.2, 0) is 15.6 Å². The molecule has 0 aromatic heterocycles. The van der Waals surface area contributed by atoms with E-state index in [1.54, 1.807) is 6.26 Å². The van der Waals surface area contributed by atoms with Crippen molar-refractivity contribution in [2.24, 2.45) is 0 Å². The number of hydrogen-bond donors (Lipinski definition) is 3. The number of para-hydroxylation sites is 2. The fourth-order valence-electron chi connectivity index (χ4n) is 2.11. The maximum absolute atomic E-state index is 12.1. The number of carbonyl (C=O) groups excluding carboxylic acids is 1. The molecule has 1 aliphatic heterocycles. The van der Waals surface area contributed by atoms with E-state index in [-0.39, 0.29) is 18.0 Å². The van der Waals surface area contributed by atoms with Gasteiger partial charge in [0.1, 0.15) is 6.04 Å². The number of rotatable bonds is 4. The van der Waals surface area contributed by atoms with E-state index in [4.69, 9.17) is 0 Å². The Bertz CT molecular complexity index is 493. The van der Waals surface area contributed by atoms with Crippen molar-refractivity contribution in [3.8, 4) is 0 Å². The molecule has 19 heavy (non-hydrogen) atoms. The Balaban J connectivity index is 1.93. The molecule has 3 N–H and O–H groups in total. The summed E-state index contributed by atoms with van der Waals surface area (Å²) in [6.07, 6.45) is 1.64. The Morgan fingerprint density at radius 2 is 2.16 bits per heavy atom. The summed E-state index contributed by atoms with van der Waals surface area (Å²) in [6.45, 7) is 2.41. The van der Waals surface area contributed by atoms with Crippen molar-refractivity contribution in [2.45, 2.75) is 19.0 Å². The minimum absolute atomic E-state index is 0.0695. The van der Waals surface area contributed by atoms with Gasteiger partial charge in [0.15, 0.2) is 0 Å². The Kier molecular flexibility index (Phi) is 4.42. The topological polar surface area (TPSA) is 70.2 Å². The van der Waals surface area contributed by atoms with E-state index >= 15 is 0 Å². The van der Waals surface area contributed by atoms with Crippen molar-refractivity contribution in [3.05, 3.63) is 24.3 Å². The molecule has 104 valence electrons. The van der Waals surface area contributed by atoms with Gasteiger partial charge in [-0.3, -0.25) is 9.00 Å². The Hall–Kier alpha value is -1.56. The average Bonchev–Trinajstić information content (AvgIpc) is 2.37. The van der Waals surface area contributed by atoms with Gasteiger partial charge in [0.05, 0.1) is 11.4 Å². The highest BCUT2D eigenvalue weighted by Gasteiger charge is 2.24. The van der Waals surface area contributed by atoms with E-state index in [1.807, 2.05) is 31.2 Å². The molecule has 1 aromatic rings. The average molecular weight is 281 g/mol. The van der Waals surface area contributed by atoms with Crippen LogP contribution in [0.5, 0.6) is 0 Å². The highest BCUT2D eigenvalue weighted by atomic mass is 32.2. The third kappa shape index (κ3) is 3.70. The van der Waals surface area contributed by atoms with Crippen LogP contribution in [0, 0.1) is 0 Å². The summed E-state index contributed by atoms with van der Waals surface area (Å²) in [6, 6.07) is 7.40. The van der Waals surface area contributed by atoms with Crippen molar-refractivity contribution in [1.29, 1.82) is 0 Å². The minimum atomic E-state index is -0.904. The second-order valence-corrected chi connectivity index (χ2v) is 6.25. The van der Waals surface area contributed by atoms with Gasteiger partial charge in [0, 0.05) is 35.4 Å². The van der Waals surface area contributed by atoms with Gasteiger partial charge in [-0.15, -0.1) is 0 Å². The Morgan fingerprint density at radius 3 is 2.84 bits per heavy atom. The fourth-order valence-corrected chi connectivity index (χ4v) is 2.90. The van der Waals surface area contributed by atoms with Crippen LogP contribution in [0.25, 0.3) is 0 Å². The van der Waals surface area contributed by atoms with E-state index < -0.39 is 10.8 Å². The molecule has 6 heteroatoms. The predicted octanol–water partition coefficient (Wildman–Crippen LogP) is 0.776. The van der Waals surface area contributed by atoms with Gasteiger partial charge < -0.3 is 16.0 Å². The monoisotopic (exact) mass is 281 g/mol. The van der Waals surface area contributed by atoms with E-state index in [2.05, 4.69) is 16.0 Å². The van der Waals surface area contributed by atoms with Crippen LogP contribution < -0.4 is 16.0 Å². The number of amides is 1. The first-order chi connectivity index (χ1) is 9.06. The molecule has 1 aliphatic rings. The van der Waals surface area contributed by atoms with Crippen LogP contribution in [0.3, 0.4) is 0 Å². The molecule has 0 saturated carbocycles. The highest BCUT2D eigenvalue weighted by Crippen LogP contribution is 2.25. The molecule has 1 amide bonds. The number of anilines is 2. The van der Waals surface area contributed by atoms with Crippen LogP contribution in [0.2, 0.25) is 0 Å². The third-order valence-corrected chi connectivity index (χ3v) is 3.91. The number of nitrogens with one attached hydrogen (secondary N) is 3. The predicted molar refractivity (Wildman–Crippen MR) is 78.9 cm³/mol. The van der Waals surface area contributed by atoms with Crippen molar-refractivity contribution < 1.29 is 9.00 Å². The smallest absolute Gasteiger partial charge is 0.244 e. The van der Waals surface area contributed by atoms with Crippen LogP contribution in [0.1, 0.15) is 6.92 Å². The highest BCUT2D eigenvalue weighted by molar-refractivity contribution is 7.84. The lowest BCUT2D eigenvalue weighted by Gasteiger charge is -2.28. The summed E-state index contributed by atoms with van der Waals surface area (Å²) >= 11 is 0. The zero-order chi connectivity index (χ0) is 13.8. The molecule has 0 aliphatic carbocycles. The molecule has 5 nitrogen and oxygen atoms in total. The van der Waals surface area contributed by atoms with Crippen molar-refractivity contribution >= 4 is 28.1 Å². The van der Waals surface area contributed by atoms with Gasteiger partial charge in [0.25, 0.3) is 0 Å². The maximum Gasteiger partial charge on any atom is 0.244 e. The molecule has 0 bridgehead atoms. The molecule has 1 heterocycles. The summed E-state index contributed by atoms with van der Waals surface area (Å²) in [4.78, 5) is 12.1. The first-order valence-electron chi connectivity index (χ1n) is 6.26. The zero-order valence-electron chi connectivity index (χ0n) is 11.1. The van der Waals surface area contributed by atoms with Gasteiger partial charge >= 0.3 is 0 Å². The third-order valence-electron chi connectivity index (χ3n) is 2.94. The first kappa shape index (κ1) is 13.9. The number of fused-ring (bicyclic) bond motifs is 1. The second-order valence-electron chi connectivity index (χ2n) is 4.77. The van der Waals surface area contributed by atoms with Crippen molar-refractivity contribution in [3.63, 3.8) is 0 Å². The molecule has 1 aromatic carbocycles. The van der Waals surface area contributed by atoms with Crippen molar-refractivity contribution in [1.82, 2.24) is 5.32 Å². The van der Waals surface area contributed by atoms with Gasteiger partial charge in [-0.1, -0.05) is 12.1 Å². The maximum atomic E-state index is 12.1. The van der Waals surface area contributed by atoms with Gasteiger partial charge in [-0.25, -0.2) is 0 Å². The molecule has 3 atom stereocenters. The molecule has 0 spiro atoms. The summed E-state index contributed by atoms with van der Waals surface area (Å²) in [5.74, 6) is 0.405. The molecule has 2 rings (SSSR count). The van der Waals surface area contributed by atoms with Gasteiger partial charge in [-0.2, -0.15) is 0 Å². The standard InChI is InChI=1S/C13H19N3O2S/c1-9(8-19(2)18)15-13(17)12-7-14-10-5-3-4-6-11(10)16-12/h3-6,9,12,14,16H,7-8H2,1-2H3,(H,15,17). The van der Waals surface area contributed by atoms with Gasteiger partial charge in [0.2, 0.25) is 5.91 Å². The zero-order valence-corrected chi connectivity index (χ0v) is 11.9. The molecular formula is C13H19N3O2S. The lowest BCUT2D eigenvalue weighted by atomic mass is 10.1. The molecule has 3 unspecified atom stereocenters. The number of hydrogen-bond acceptors (Lipinski definition) is 4. The minimum Gasteiger partial charge on any atom is -0.381 e. The lowest BCUT2D eigenvalue weighted by molar-refractivity contribution is -0.122. The van der Waals surface area contributed by atoms with E-state index in [9.17, 15) is 9.00 Å². The second kappa shape index (κ2) is 6.06.